The first-order chi connectivity index (χ1) is 9.60. The van der Waals surface area contributed by atoms with E-state index in [-0.39, 0.29) is 5.91 Å². The minimum absolute atomic E-state index is 0.0810. The zero-order chi connectivity index (χ0) is 14.5. The Kier molecular flexibility index (Phi) is 4.63. The quantitative estimate of drug-likeness (QED) is 0.741. The Balaban J connectivity index is 2.10. The molecule has 0 aliphatic heterocycles. The van der Waals surface area contributed by atoms with Crippen LogP contribution >= 0.6 is 11.3 Å². The average molecular weight is 289 g/mol. The Morgan fingerprint density at radius 1 is 1.30 bits per heavy atom. The van der Waals surface area contributed by atoms with Crippen molar-refractivity contribution in [2.75, 3.05) is 17.6 Å². The van der Waals surface area contributed by atoms with Crippen molar-refractivity contribution in [2.45, 2.75) is 20.4 Å². The maximum Gasteiger partial charge on any atom is 0.251 e. The van der Waals surface area contributed by atoms with Gasteiger partial charge in [0.15, 0.2) is 0 Å². The van der Waals surface area contributed by atoms with Gasteiger partial charge >= 0.3 is 0 Å². The van der Waals surface area contributed by atoms with Gasteiger partial charge < -0.3 is 16.4 Å². The Morgan fingerprint density at radius 2 is 2.10 bits per heavy atom. The second-order valence-corrected chi connectivity index (χ2v) is 5.90. The maximum absolute atomic E-state index is 11.8. The van der Waals surface area contributed by atoms with Crippen molar-refractivity contribution in [2.24, 2.45) is 0 Å². The predicted molar refractivity (Wildman–Crippen MR) is 85.2 cm³/mol. The summed E-state index contributed by atoms with van der Waals surface area (Å²) in [4.78, 5) is 14.3. The van der Waals surface area contributed by atoms with E-state index < -0.39 is 0 Å². The van der Waals surface area contributed by atoms with Gasteiger partial charge in [0.05, 0.1) is 11.4 Å². The lowest BCUT2D eigenvalue weighted by Gasteiger charge is -2.10. The summed E-state index contributed by atoms with van der Waals surface area (Å²) in [7, 11) is 0. The number of hydrogen-bond acceptors (Lipinski definition) is 4. The summed E-state index contributed by atoms with van der Waals surface area (Å²) < 4.78 is 0. The number of aryl methyl sites for hydroxylation is 1. The van der Waals surface area contributed by atoms with E-state index in [1.54, 1.807) is 29.5 Å². The van der Waals surface area contributed by atoms with E-state index in [9.17, 15) is 4.79 Å². The molecule has 2 rings (SSSR count). The molecule has 0 radical (unpaired) electrons. The first-order valence-electron chi connectivity index (χ1n) is 6.57. The molecular formula is C15H19N3OS. The summed E-state index contributed by atoms with van der Waals surface area (Å²) in [6.45, 7) is 5.30. The van der Waals surface area contributed by atoms with Crippen LogP contribution in [0.2, 0.25) is 0 Å². The molecule has 106 valence electrons. The first-order valence-corrected chi connectivity index (χ1v) is 7.38. The van der Waals surface area contributed by atoms with Crippen molar-refractivity contribution in [3.05, 3.63) is 45.6 Å². The van der Waals surface area contributed by atoms with E-state index in [0.29, 0.717) is 24.3 Å². The van der Waals surface area contributed by atoms with Gasteiger partial charge in [-0.15, -0.1) is 11.3 Å². The summed E-state index contributed by atoms with van der Waals surface area (Å²) in [6.07, 6.45) is 0. The number of thiophene rings is 1. The van der Waals surface area contributed by atoms with Crippen LogP contribution in [0, 0.1) is 6.92 Å². The van der Waals surface area contributed by atoms with Gasteiger partial charge in [0.2, 0.25) is 0 Å². The van der Waals surface area contributed by atoms with Crippen LogP contribution in [0.15, 0.2) is 30.3 Å². The zero-order valence-electron chi connectivity index (χ0n) is 11.7. The van der Waals surface area contributed by atoms with E-state index in [4.69, 9.17) is 5.73 Å². The number of nitrogens with one attached hydrogen (secondary N) is 2. The number of nitrogens with two attached hydrogens (primary N) is 1. The molecule has 0 atom stereocenters. The number of benzene rings is 1. The molecule has 20 heavy (non-hydrogen) atoms. The summed E-state index contributed by atoms with van der Waals surface area (Å²) in [6, 6.07) is 9.47. The molecule has 0 fully saturated rings. The van der Waals surface area contributed by atoms with Gasteiger partial charge in [-0.2, -0.15) is 0 Å². The van der Waals surface area contributed by atoms with Crippen molar-refractivity contribution >= 4 is 28.6 Å². The predicted octanol–water partition coefficient (Wildman–Crippen LogP) is 3.00. The largest absolute Gasteiger partial charge is 0.397 e. The number of carbonyl (C=O) groups excluding carboxylic acids is 1. The molecule has 1 amide bonds. The zero-order valence-corrected chi connectivity index (χ0v) is 12.5. The van der Waals surface area contributed by atoms with Gasteiger partial charge in [0.1, 0.15) is 0 Å². The van der Waals surface area contributed by atoms with Crippen molar-refractivity contribution in [3.63, 3.8) is 0 Å². The molecule has 4 N–H and O–H groups in total. The molecule has 0 unspecified atom stereocenters. The highest BCUT2D eigenvalue weighted by molar-refractivity contribution is 7.11. The number of hydrogen-bond donors (Lipinski definition) is 3. The molecule has 0 aliphatic carbocycles. The minimum Gasteiger partial charge on any atom is -0.397 e. The lowest BCUT2D eigenvalue weighted by atomic mass is 10.1. The molecule has 5 heteroatoms. The van der Waals surface area contributed by atoms with Gasteiger partial charge in [0, 0.05) is 28.4 Å². The molecule has 1 aromatic heterocycles. The molecule has 4 nitrogen and oxygen atoms in total. The molecule has 0 saturated carbocycles. The third kappa shape index (κ3) is 3.51. The molecule has 0 aliphatic rings. The summed E-state index contributed by atoms with van der Waals surface area (Å²) >= 11 is 1.75. The summed E-state index contributed by atoms with van der Waals surface area (Å²) in [5, 5.41) is 6.07. The molecule has 0 saturated heterocycles. The third-order valence-corrected chi connectivity index (χ3v) is 3.90. The maximum atomic E-state index is 11.8. The molecular weight excluding hydrogens is 270 g/mol. The van der Waals surface area contributed by atoms with Crippen LogP contribution in [0.5, 0.6) is 0 Å². The second-order valence-electron chi connectivity index (χ2n) is 4.53. The Labute approximate surface area is 123 Å². The lowest BCUT2D eigenvalue weighted by molar-refractivity contribution is 0.0956. The van der Waals surface area contributed by atoms with Gasteiger partial charge in [-0.3, -0.25) is 4.79 Å². The van der Waals surface area contributed by atoms with Gasteiger partial charge in [-0.25, -0.2) is 0 Å². The topological polar surface area (TPSA) is 67.2 Å². The van der Waals surface area contributed by atoms with Crippen molar-refractivity contribution < 1.29 is 4.79 Å². The SMILES string of the molecule is CCNC(=O)c1ccc(N)c(NCc2ccc(C)s2)c1. The highest BCUT2D eigenvalue weighted by Gasteiger charge is 2.07. The number of carbonyl (C=O) groups is 1. The Morgan fingerprint density at radius 3 is 2.75 bits per heavy atom. The molecule has 0 spiro atoms. The van der Waals surface area contributed by atoms with Crippen molar-refractivity contribution in [3.8, 4) is 0 Å². The normalized spacial score (nSPS) is 10.3. The summed E-state index contributed by atoms with van der Waals surface area (Å²) in [5.41, 5.74) is 7.99. The van der Waals surface area contributed by atoms with Crippen molar-refractivity contribution in [1.29, 1.82) is 0 Å². The van der Waals surface area contributed by atoms with Crippen LogP contribution in [-0.4, -0.2) is 12.5 Å². The number of rotatable bonds is 5. The lowest BCUT2D eigenvalue weighted by Crippen LogP contribution is -2.22. The van der Waals surface area contributed by atoms with E-state index in [1.165, 1.54) is 9.75 Å². The van der Waals surface area contributed by atoms with Crippen LogP contribution in [-0.2, 0) is 6.54 Å². The van der Waals surface area contributed by atoms with E-state index in [2.05, 4.69) is 29.7 Å². The second kappa shape index (κ2) is 6.43. The molecule has 1 aromatic carbocycles. The van der Waals surface area contributed by atoms with Gasteiger partial charge in [0.25, 0.3) is 5.91 Å². The summed E-state index contributed by atoms with van der Waals surface area (Å²) in [5.74, 6) is -0.0810. The molecule has 1 heterocycles. The van der Waals surface area contributed by atoms with Crippen LogP contribution < -0.4 is 16.4 Å². The van der Waals surface area contributed by atoms with Crippen LogP contribution in [0.3, 0.4) is 0 Å². The third-order valence-electron chi connectivity index (χ3n) is 2.90. The van der Waals surface area contributed by atoms with E-state index in [0.717, 1.165) is 5.69 Å². The molecule has 2 aromatic rings. The van der Waals surface area contributed by atoms with Crippen molar-refractivity contribution in [1.82, 2.24) is 5.32 Å². The monoisotopic (exact) mass is 289 g/mol. The smallest absolute Gasteiger partial charge is 0.251 e. The average Bonchev–Trinajstić information content (AvgIpc) is 2.84. The standard InChI is InChI=1S/C15H19N3OS/c1-3-17-15(19)11-5-7-13(16)14(8-11)18-9-12-6-4-10(2)20-12/h4-8,18H,3,9,16H2,1-2H3,(H,17,19). The fourth-order valence-electron chi connectivity index (χ4n) is 1.88. The highest BCUT2D eigenvalue weighted by Crippen LogP contribution is 2.22. The van der Waals surface area contributed by atoms with Crippen LogP contribution in [0.1, 0.15) is 27.0 Å². The van der Waals surface area contributed by atoms with Gasteiger partial charge in [-0.1, -0.05) is 0 Å². The fraction of sp³-hybridized carbons (Fsp3) is 0.267. The number of amides is 1. The molecule has 0 bridgehead atoms. The number of nitrogen functional groups attached to an aromatic ring is 1. The minimum atomic E-state index is -0.0810. The highest BCUT2D eigenvalue weighted by atomic mass is 32.1. The van der Waals surface area contributed by atoms with E-state index in [1.807, 2.05) is 6.92 Å². The Bertz CT molecular complexity index is 607. The van der Waals surface area contributed by atoms with Gasteiger partial charge in [-0.05, 0) is 44.2 Å². The van der Waals surface area contributed by atoms with Crippen LogP contribution in [0.4, 0.5) is 11.4 Å². The fourth-order valence-corrected chi connectivity index (χ4v) is 2.71. The van der Waals surface area contributed by atoms with Crippen LogP contribution in [0.25, 0.3) is 0 Å². The first kappa shape index (κ1) is 14.4. The number of anilines is 2. The Hall–Kier alpha value is -2.01. The van der Waals surface area contributed by atoms with E-state index >= 15 is 0 Å².